The van der Waals surface area contributed by atoms with Crippen molar-refractivity contribution < 1.29 is 39.0 Å². The molecule has 0 fully saturated rings. The van der Waals surface area contributed by atoms with Gasteiger partial charge in [0.15, 0.2) is 0 Å². The van der Waals surface area contributed by atoms with Gasteiger partial charge in [-0.25, -0.2) is 4.79 Å². The van der Waals surface area contributed by atoms with Gasteiger partial charge in [0, 0.05) is 5.75 Å². The fourth-order valence-electron chi connectivity index (χ4n) is 2.20. The highest BCUT2D eigenvalue weighted by Gasteiger charge is 2.32. The van der Waals surface area contributed by atoms with Crippen LogP contribution in [-0.2, 0) is 28.8 Å². The summed E-state index contributed by atoms with van der Waals surface area (Å²) in [5, 5.41) is 24.6. The molecule has 30 heavy (non-hydrogen) atoms. The van der Waals surface area contributed by atoms with E-state index in [1.807, 2.05) is 0 Å². The Hall–Kier alpha value is -2.87. The molecule has 0 aliphatic carbocycles. The lowest BCUT2D eigenvalue weighted by molar-refractivity contribution is -0.144. The number of hydrogen-bond donors (Lipinski definition) is 8. The van der Waals surface area contributed by atoms with Crippen LogP contribution < -0.4 is 27.4 Å². The van der Waals surface area contributed by atoms with Gasteiger partial charge in [-0.2, -0.15) is 12.6 Å². The Kier molecular flexibility index (Phi) is 11.4. The van der Waals surface area contributed by atoms with Crippen molar-refractivity contribution >= 4 is 48.2 Å². The Balaban J connectivity index is 5.51. The first-order valence-electron chi connectivity index (χ1n) is 8.80. The van der Waals surface area contributed by atoms with Gasteiger partial charge in [-0.05, 0) is 5.92 Å². The molecule has 0 spiro atoms. The Bertz CT molecular complexity index is 687. The molecule has 0 heterocycles. The molecule has 0 aliphatic heterocycles. The minimum absolute atomic E-state index is 0.0629. The van der Waals surface area contributed by atoms with Crippen LogP contribution >= 0.6 is 12.6 Å². The topological polar surface area (TPSA) is 231 Å². The van der Waals surface area contributed by atoms with Gasteiger partial charge in [0.1, 0.15) is 18.1 Å². The summed E-state index contributed by atoms with van der Waals surface area (Å²) in [6.07, 6.45) is -1.53. The largest absolute Gasteiger partial charge is 0.481 e. The SMILES string of the molecule is CC(C)C(NC(=O)C(CC(=O)O)NC(=O)C(CC(N)=O)NC(=O)C(N)CS)C(=O)O. The average molecular weight is 449 g/mol. The van der Waals surface area contributed by atoms with Gasteiger partial charge in [0.2, 0.25) is 23.6 Å². The number of carbonyl (C=O) groups excluding carboxylic acids is 4. The third kappa shape index (κ3) is 9.56. The molecule has 0 aliphatic rings. The molecular formula is C16H27N5O8S. The highest BCUT2D eigenvalue weighted by atomic mass is 32.1. The Morgan fingerprint density at radius 2 is 1.33 bits per heavy atom. The zero-order valence-corrected chi connectivity index (χ0v) is 17.3. The molecule has 0 aromatic heterocycles. The van der Waals surface area contributed by atoms with Gasteiger partial charge in [-0.15, -0.1) is 0 Å². The molecule has 0 saturated heterocycles. The second-order valence-electron chi connectivity index (χ2n) is 6.75. The molecule has 0 bridgehead atoms. The van der Waals surface area contributed by atoms with Gasteiger partial charge >= 0.3 is 11.9 Å². The van der Waals surface area contributed by atoms with Gasteiger partial charge in [-0.1, -0.05) is 13.8 Å². The number of amides is 4. The number of carbonyl (C=O) groups is 6. The maximum atomic E-state index is 12.5. The minimum Gasteiger partial charge on any atom is -0.481 e. The average Bonchev–Trinajstić information content (AvgIpc) is 2.62. The molecule has 4 amide bonds. The molecule has 4 unspecified atom stereocenters. The van der Waals surface area contributed by atoms with Crippen LogP contribution in [-0.4, -0.2) is 75.7 Å². The van der Waals surface area contributed by atoms with Crippen LogP contribution in [0.15, 0.2) is 0 Å². The Labute approximate surface area is 177 Å². The fraction of sp³-hybridized carbons (Fsp3) is 0.625. The van der Waals surface area contributed by atoms with Gasteiger partial charge < -0.3 is 37.6 Å². The highest BCUT2D eigenvalue weighted by Crippen LogP contribution is 2.04. The summed E-state index contributed by atoms with van der Waals surface area (Å²) >= 11 is 3.84. The molecule has 14 heteroatoms. The van der Waals surface area contributed by atoms with E-state index >= 15 is 0 Å². The minimum atomic E-state index is -1.68. The summed E-state index contributed by atoms with van der Waals surface area (Å²) < 4.78 is 0. The van der Waals surface area contributed by atoms with Crippen LogP contribution in [0.3, 0.4) is 0 Å². The first-order chi connectivity index (χ1) is 13.8. The number of nitrogens with two attached hydrogens (primary N) is 2. The lowest BCUT2D eigenvalue weighted by atomic mass is 10.0. The molecule has 0 rings (SSSR count). The number of aliphatic carboxylic acids is 2. The van der Waals surface area contributed by atoms with E-state index in [4.69, 9.17) is 21.7 Å². The van der Waals surface area contributed by atoms with Crippen molar-refractivity contribution in [3.63, 3.8) is 0 Å². The van der Waals surface area contributed by atoms with Crippen molar-refractivity contribution in [2.24, 2.45) is 17.4 Å². The van der Waals surface area contributed by atoms with Gasteiger partial charge in [0.25, 0.3) is 0 Å². The van der Waals surface area contributed by atoms with Crippen LogP contribution in [0, 0.1) is 5.92 Å². The summed E-state index contributed by atoms with van der Waals surface area (Å²) in [4.78, 5) is 70.4. The molecule has 0 radical (unpaired) electrons. The summed E-state index contributed by atoms with van der Waals surface area (Å²) in [7, 11) is 0. The summed E-state index contributed by atoms with van der Waals surface area (Å²) in [5.41, 5.74) is 10.6. The normalized spacial score (nSPS) is 14.7. The zero-order chi connectivity index (χ0) is 23.6. The molecule has 4 atom stereocenters. The number of carboxylic acids is 2. The van der Waals surface area contributed by atoms with Crippen molar-refractivity contribution in [1.29, 1.82) is 0 Å². The predicted molar refractivity (Wildman–Crippen MR) is 106 cm³/mol. The zero-order valence-electron chi connectivity index (χ0n) is 16.5. The van der Waals surface area contributed by atoms with E-state index in [1.54, 1.807) is 0 Å². The summed E-state index contributed by atoms with van der Waals surface area (Å²) in [6, 6.07) is -5.65. The number of rotatable bonds is 13. The quantitative estimate of drug-likeness (QED) is 0.132. The van der Waals surface area contributed by atoms with Crippen LogP contribution in [0.25, 0.3) is 0 Å². The van der Waals surface area contributed by atoms with Crippen molar-refractivity contribution in [2.75, 3.05) is 5.75 Å². The lowest BCUT2D eigenvalue weighted by Gasteiger charge is -2.24. The molecule has 13 nitrogen and oxygen atoms in total. The molecular weight excluding hydrogens is 422 g/mol. The van der Waals surface area contributed by atoms with Crippen LogP contribution in [0.4, 0.5) is 0 Å². The standard InChI is InChI=1S/C16H27N5O8S/c1-6(2)12(16(28)29)21-15(27)9(4-11(23)24)20-14(26)8(3-10(18)22)19-13(25)7(17)5-30/h6-9,12,30H,3-5,17H2,1-2H3,(H2,18,22)(H,19,25)(H,20,26)(H,21,27)(H,23,24)(H,28,29). The smallest absolute Gasteiger partial charge is 0.326 e. The van der Waals surface area contributed by atoms with Gasteiger partial charge in [-0.3, -0.25) is 24.0 Å². The van der Waals surface area contributed by atoms with E-state index in [2.05, 4.69) is 28.6 Å². The maximum absolute atomic E-state index is 12.5. The second kappa shape index (κ2) is 12.6. The molecule has 0 aromatic rings. The van der Waals surface area contributed by atoms with Crippen LogP contribution in [0.5, 0.6) is 0 Å². The molecule has 9 N–H and O–H groups in total. The van der Waals surface area contributed by atoms with Gasteiger partial charge in [0.05, 0.1) is 18.9 Å². The predicted octanol–water partition coefficient (Wildman–Crippen LogP) is -3.21. The number of carboxylic acid groups (broad SMARTS) is 2. The third-order valence-corrected chi connectivity index (χ3v) is 4.21. The summed E-state index contributed by atoms with van der Waals surface area (Å²) in [6.45, 7) is 3.04. The number of nitrogens with one attached hydrogen (secondary N) is 3. The lowest BCUT2D eigenvalue weighted by Crippen LogP contribution is -2.58. The van der Waals surface area contributed by atoms with Crippen LogP contribution in [0.1, 0.15) is 26.7 Å². The highest BCUT2D eigenvalue weighted by molar-refractivity contribution is 7.80. The van der Waals surface area contributed by atoms with Crippen molar-refractivity contribution in [3.05, 3.63) is 0 Å². The summed E-state index contributed by atoms with van der Waals surface area (Å²) in [5.74, 6) is -7.33. The maximum Gasteiger partial charge on any atom is 0.326 e. The van der Waals surface area contributed by atoms with Crippen molar-refractivity contribution in [2.45, 2.75) is 50.9 Å². The number of hydrogen-bond acceptors (Lipinski definition) is 8. The second-order valence-corrected chi connectivity index (χ2v) is 7.11. The van der Waals surface area contributed by atoms with E-state index in [-0.39, 0.29) is 5.75 Å². The molecule has 170 valence electrons. The van der Waals surface area contributed by atoms with E-state index in [1.165, 1.54) is 13.8 Å². The number of thiol groups is 1. The van der Waals surface area contributed by atoms with Crippen LogP contribution in [0.2, 0.25) is 0 Å². The van der Waals surface area contributed by atoms with E-state index in [9.17, 15) is 28.8 Å². The van der Waals surface area contributed by atoms with Crippen molar-refractivity contribution in [1.82, 2.24) is 16.0 Å². The Morgan fingerprint density at radius 3 is 1.73 bits per heavy atom. The number of primary amides is 1. The van der Waals surface area contributed by atoms with E-state index in [0.717, 1.165) is 0 Å². The molecule has 0 saturated carbocycles. The third-order valence-electron chi connectivity index (χ3n) is 3.81. The van der Waals surface area contributed by atoms with E-state index in [0.29, 0.717) is 0 Å². The molecule has 0 aromatic carbocycles. The van der Waals surface area contributed by atoms with E-state index < -0.39 is 78.5 Å². The monoisotopic (exact) mass is 449 g/mol. The fourth-order valence-corrected chi connectivity index (χ4v) is 2.36. The Morgan fingerprint density at radius 1 is 0.867 bits per heavy atom. The van der Waals surface area contributed by atoms with Crippen molar-refractivity contribution in [3.8, 4) is 0 Å². The first kappa shape index (κ1) is 27.1. The first-order valence-corrected chi connectivity index (χ1v) is 9.43.